The number of hydrogen-bond donors (Lipinski definition) is 1. The fourth-order valence-corrected chi connectivity index (χ4v) is 2.00. The molecule has 0 spiro atoms. The molecule has 13 heavy (non-hydrogen) atoms. The minimum Gasteiger partial charge on any atom is -0.479 e. The molecule has 0 atom stereocenters. The molecule has 0 radical (unpaired) electrons. The molecule has 1 rings (SSSR count). The number of rotatable bonds is 3. The molecule has 1 aliphatic carbocycles. The van der Waals surface area contributed by atoms with E-state index < -0.39 is 11.6 Å². The first-order chi connectivity index (χ1) is 6.21. The molecule has 0 bridgehead atoms. The highest BCUT2D eigenvalue weighted by Gasteiger charge is 2.39. The summed E-state index contributed by atoms with van der Waals surface area (Å²) in [6, 6.07) is 0. The number of carboxylic acids is 1. The summed E-state index contributed by atoms with van der Waals surface area (Å²) in [7, 11) is 0. The molecule has 1 aliphatic rings. The lowest BCUT2D eigenvalue weighted by molar-refractivity contribution is -0.167. The zero-order chi connectivity index (χ0) is 9.73. The maximum Gasteiger partial charge on any atom is 0.335 e. The normalized spacial score (nSPS) is 22.2. The zero-order valence-corrected chi connectivity index (χ0v) is 8.21. The SMILES string of the molecule is CCOC1(C(=O)O)CCCCCC1. The lowest BCUT2D eigenvalue weighted by Gasteiger charge is -2.27. The van der Waals surface area contributed by atoms with E-state index in [4.69, 9.17) is 9.84 Å². The van der Waals surface area contributed by atoms with E-state index in [1.807, 2.05) is 6.92 Å². The number of aliphatic carboxylic acids is 1. The average Bonchev–Trinajstić information content (AvgIpc) is 2.31. The van der Waals surface area contributed by atoms with Gasteiger partial charge in [-0.05, 0) is 32.6 Å². The van der Waals surface area contributed by atoms with Crippen LogP contribution in [0.1, 0.15) is 45.4 Å². The van der Waals surface area contributed by atoms with Crippen molar-refractivity contribution in [3.8, 4) is 0 Å². The van der Waals surface area contributed by atoms with Gasteiger partial charge in [-0.25, -0.2) is 4.79 Å². The van der Waals surface area contributed by atoms with Crippen LogP contribution in [0.3, 0.4) is 0 Å². The third-order valence-electron chi connectivity index (χ3n) is 2.72. The topological polar surface area (TPSA) is 46.5 Å². The van der Waals surface area contributed by atoms with E-state index in [-0.39, 0.29) is 0 Å². The first kappa shape index (κ1) is 10.5. The van der Waals surface area contributed by atoms with Crippen molar-refractivity contribution in [3.05, 3.63) is 0 Å². The van der Waals surface area contributed by atoms with E-state index in [0.29, 0.717) is 19.4 Å². The Labute approximate surface area is 79.1 Å². The van der Waals surface area contributed by atoms with E-state index in [1.54, 1.807) is 0 Å². The molecule has 1 fully saturated rings. The van der Waals surface area contributed by atoms with Crippen LogP contribution in [0, 0.1) is 0 Å². The Kier molecular flexibility index (Phi) is 3.72. The van der Waals surface area contributed by atoms with Crippen molar-refractivity contribution < 1.29 is 14.6 Å². The maximum absolute atomic E-state index is 11.1. The van der Waals surface area contributed by atoms with E-state index >= 15 is 0 Å². The minimum absolute atomic E-state index is 0.492. The molecule has 0 unspecified atom stereocenters. The largest absolute Gasteiger partial charge is 0.479 e. The summed E-state index contributed by atoms with van der Waals surface area (Å²) in [6.07, 6.45) is 5.59. The monoisotopic (exact) mass is 186 g/mol. The third kappa shape index (κ3) is 2.44. The predicted octanol–water partition coefficient (Wildman–Crippen LogP) is 2.20. The number of hydrogen-bond acceptors (Lipinski definition) is 2. The minimum atomic E-state index is -0.870. The van der Waals surface area contributed by atoms with Gasteiger partial charge < -0.3 is 9.84 Å². The second-order valence-corrected chi connectivity index (χ2v) is 3.65. The van der Waals surface area contributed by atoms with Gasteiger partial charge in [0, 0.05) is 6.61 Å². The second-order valence-electron chi connectivity index (χ2n) is 3.65. The molecule has 0 aromatic carbocycles. The van der Waals surface area contributed by atoms with Crippen molar-refractivity contribution in [2.24, 2.45) is 0 Å². The van der Waals surface area contributed by atoms with Gasteiger partial charge in [-0.2, -0.15) is 0 Å². The summed E-state index contributed by atoms with van der Waals surface area (Å²) < 4.78 is 5.41. The van der Waals surface area contributed by atoms with Crippen LogP contribution in [0.5, 0.6) is 0 Å². The van der Waals surface area contributed by atoms with Gasteiger partial charge in [0.2, 0.25) is 0 Å². The molecule has 0 aliphatic heterocycles. The Morgan fingerprint density at radius 3 is 2.23 bits per heavy atom. The highest BCUT2D eigenvalue weighted by Crippen LogP contribution is 2.30. The van der Waals surface area contributed by atoms with Gasteiger partial charge in [-0.3, -0.25) is 0 Å². The smallest absolute Gasteiger partial charge is 0.335 e. The lowest BCUT2D eigenvalue weighted by Crippen LogP contribution is -2.41. The quantitative estimate of drug-likeness (QED) is 0.687. The van der Waals surface area contributed by atoms with Crippen molar-refractivity contribution in [3.63, 3.8) is 0 Å². The summed E-state index contributed by atoms with van der Waals surface area (Å²) in [5.41, 5.74) is -0.870. The molecule has 3 heteroatoms. The summed E-state index contributed by atoms with van der Waals surface area (Å²) in [4.78, 5) is 11.1. The third-order valence-corrected chi connectivity index (χ3v) is 2.72. The van der Waals surface area contributed by atoms with Crippen molar-refractivity contribution in [1.82, 2.24) is 0 Å². The summed E-state index contributed by atoms with van der Waals surface area (Å²) >= 11 is 0. The van der Waals surface area contributed by atoms with E-state index in [9.17, 15) is 4.79 Å². The van der Waals surface area contributed by atoms with Crippen LogP contribution in [0.2, 0.25) is 0 Å². The van der Waals surface area contributed by atoms with Crippen molar-refractivity contribution >= 4 is 5.97 Å². The zero-order valence-electron chi connectivity index (χ0n) is 8.21. The molecule has 0 amide bonds. The Hall–Kier alpha value is -0.570. The van der Waals surface area contributed by atoms with Gasteiger partial charge in [-0.15, -0.1) is 0 Å². The van der Waals surface area contributed by atoms with E-state index in [0.717, 1.165) is 25.7 Å². The van der Waals surface area contributed by atoms with E-state index in [1.165, 1.54) is 0 Å². The number of carboxylic acid groups (broad SMARTS) is 1. The molecule has 0 aromatic rings. The first-order valence-corrected chi connectivity index (χ1v) is 5.08. The molecular formula is C10H18O3. The van der Waals surface area contributed by atoms with Crippen LogP contribution in [-0.2, 0) is 9.53 Å². The highest BCUT2D eigenvalue weighted by atomic mass is 16.5. The van der Waals surface area contributed by atoms with Gasteiger partial charge in [0.05, 0.1) is 0 Å². The van der Waals surface area contributed by atoms with Gasteiger partial charge in [0.15, 0.2) is 5.60 Å². The maximum atomic E-state index is 11.1. The summed E-state index contributed by atoms with van der Waals surface area (Å²) in [5, 5.41) is 9.12. The van der Waals surface area contributed by atoms with Crippen LogP contribution >= 0.6 is 0 Å². The lowest BCUT2D eigenvalue weighted by atomic mass is 9.94. The molecular weight excluding hydrogens is 168 g/mol. The molecule has 76 valence electrons. The Morgan fingerprint density at radius 1 is 1.31 bits per heavy atom. The highest BCUT2D eigenvalue weighted by molar-refractivity contribution is 5.77. The van der Waals surface area contributed by atoms with Crippen molar-refractivity contribution in [2.45, 2.75) is 51.0 Å². The molecule has 1 saturated carbocycles. The van der Waals surface area contributed by atoms with Crippen LogP contribution in [0.15, 0.2) is 0 Å². The first-order valence-electron chi connectivity index (χ1n) is 5.08. The molecule has 0 aromatic heterocycles. The number of ether oxygens (including phenoxy) is 1. The Balaban J connectivity index is 2.67. The molecule has 1 N–H and O–H groups in total. The fourth-order valence-electron chi connectivity index (χ4n) is 2.00. The summed E-state index contributed by atoms with van der Waals surface area (Å²) in [6.45, 7) is 2.35. The molecule has 0 heterocycles. The molecule has 0 saturated heterocycles. The van der Waals surface area contributed by atoms with Gasteiger partial charge in [0.25, 0.3) is 0 Å². The summed E-state index contributed by atoms with van der Waals surface area (Å²) in [5.74, 6) is -0.781. The Morgan fingerprint density at radius 2 is 1.85 bits per heavy atom. The second kappa shape index (κ2) is 4.61. The number of carbonyl (C=O) groups is 1. The van der Waals surface area contributed by atoms with Crippen molar-refractivity contribution in [1.29, 1.82) is 0 Å². The Bertz CT molecular complexity index is 169. The van der Waals surface area contributed by atoms with Crippen LogP contribution in [0.25, 0.3) is 0 Å². The fraction of sp³-hybridized carbons (Fsp3) is 0.900. The molecule has 3 nitrogen and oxygen atoms in total. The predicted molar refractivity (Wildman–Crippen MR) is 49.7 cm³/mol. The van der Waals surface area contributed by atoms with Gasteiger partial charge >= 0.3 is 5.97 Å². The van der Waals surface area contributed by atoms with E-state index in [2.05, 4.69) is 0 Å². The van der Waals surface area contributed by atoms with Crippen LogP contribution < -0.4 is 0 Å². The van der Waals surface area contributed by atoms with Crippen molar-refractivity contribution in [2.75, 3.05) is 6.61 Å². The standard InChI is InChI=1S/C10H18O3/c1-2-13-10(9(11)12)7-5-3-4-6-8-10/h2-8H2,1H3,(H,11,12). The van der Waals surface area contributed by atoms with Crippen LogP contribution in [-0.4, -0.2) is 23.3 Å². The van der Waals surface area contributed by atoms with Crippen LogP contribution in [0.4, 0.5) is 0 Å². The van der Waals surface area contributed by atoms with Gasteiger partial charge in [-0.1, -0.05) is 12.8 Å². The van der Waals surface area contributed by atoms with Gasteiger partial charge in [0.1, 0.15) is 0 Å². The average molecular weight is 186 g/mol.